The molecule has 3 N–H and O–H groups in total. The zero-order valence-corrected chi connectivity index (χ0v) is 11.8. The van der Waals surface area contributed by atoms with Gasteiger partial charge in [-0.3, -0.25) is 14.9 Å². The summed E-state index contributed by atoms with van der Waals surface area (Å²) in [5.74, 6) is -1.41. The molecule has 0 aromatic heterocycles. The molecule has 21 heavy (non-hydrogen) atoms. The molecule has 0 aliphatic rings. The van der Waals surface area contributed by atoms with Crippen molar-refractivity contribution in [3.8, 4) is 0 Å². The number of carbonyl (C=O) groups excluding carboxylic acids is 2. The molecule has 0 unspecified atom stereocenters. The smallest absolute Gasteiger partial charge is 0.321 e. The SMILES string of the molecule is O=C(O)CCCC(=O)NC(=O)NCCCc1ccccc1. The number of benzene rings is 1. The lowest BCUT2D eigenvalue weighted by Gasteiger charge is -2.06. The number of imide groups is 1. The van der Waals surface area contributed by atoms with Crippen LogP contribution in [0.2, 0.25) is 0 Å². The molecule has 114 valence electrons. The molecule has 6 heteroatoms. The number of carboxylic acids is 1. The first kappa shape index (κ1) is 16.7. The number of aryl methyl sites for hydroxylation is 1. The lowest BCUT2D eigenvalue weighted by atomic mass is 10.1. The van der Waals surface area contributed by atoms with Gasteiger partial charge in [0, 0.05) is 19.4 Å². The van der Waals surface area contributed by atoms with Gasteiger partial charge in [0.1, 0.15) is 0 Å². The zero-order valence-electron chi connectivity index (χ0n) is 11.8. The fourth-order valence-corrected chi connectivity index (χ4v) is 1.77. The quantitative estimate of drug-likeness (QED) is 0.635. The second kappa shape index (κ2) is 9.52. The third kappa shape index (κ3) is 8.41. The molecule has 0 aliphatic heterocycles. The van der Waals surface area contributed by atoms with E-state index in [1.165, 1.54) is 5.56 Å². The van der Waals surface area contributed by atoms with E-state index >= 15 is 0 Å². The minimum absolute atomic E-state index is 0.0315. The topological polar surface area (TPSA) is 95.5 Å². The molecule has 0 atom stereocenters. The van der Waals surface area contributed by atoms with Gasteiger partial charge in [-0.05, 0) is 24.8 Å². The van der Waals surface area contributed by atoms with Crippen molar-refractivity contribution in [2.75, 3.05) is 6.54 Å². The number of nitrogens with one attached hydrogen (secondary N) is 2. The molecule has 0 spiro atoms. The van der Waals surface area contributed by atoms with Gasteiger partial charge in [-0.15, -0.1) is 0 Å². The van der Waals surface area contributed by atoms with Gasteiger partial charge in [-0.25, -0.2) is 4.79 Å². The van der Waals surface area contributed by atoms with Gasteiger partial charge in [-0.2, -0.15) is 0 Å². The molecule has 0 radical (unpaired) electrons. The van der Waals surface area contributed by atoms with Gasteiger partial charge in [0.15, 0.2) is 0 Å². The highest BCUT2D eigenvalue weighted by molar-refractivity contribution is 5.94. The highest BCUT2D eigenvalue weighted by Crippen LogP contribution is 2.01. The predicted molar refractivity (Wildman–Crippen MR) is 77.8 cm³/mol. The average molecular weight is 292 g/mol. The number of urea groups is 1. The van der Waals surface area contributed by atoms with Crippen LogP contribution in [0.3, 0.4) is 0 Å². The molecule has 0 saturated carbocycles. The summed E-state index contributed by atoms with van der Waals surface area (Å²) < 4.78 is 0. The van der Waals surface area contributed by atoms with E-state index in [4.69, 9.17) is 5.11 Å². The number of carbonyl (C=O) groups is 3. The Hall–Kier alpha value is -2.37. The minimum Gasteiger partial charge on any atom is -0.481 e. The Morgan fingerprint density at radius 2 is 1.71 bits per heavy atom. The Bertz CT molecular complexity index is 474. The lowest BCUT2D eigenvalue weighted by Crippen LogP contribution is -2.39. The maximum absolute atomic E-state index is 11.4. The van der Waals surface area contributed by atoms with E-state index in [0.717, 1.165) is 12.8 Å². The number of hydrogen-bond acceptors (Lipinski definition) is 3. The van der Waals surface area contributed by atoms with Crippen LogP contribution in [0.25, 0.3) is 0 Å². The number of aliphatic carboxylic acids is 1. The Morgan fingerprint density at radius 3 is 2.38 bits per heavy atom. The van der Waals surface area contributed by atoms with Crippen molar-refractivity contribution in [2.45, 2.75) is 32.1 Å². The standard InChI is InChI=1S/C15H20N2O4/c18-13(9-4-10-14(19)20)17-15(21)16-11-5-8-12-6-2-1-3-7-12/h1-3,6-7H,4-5,8-11H2,(H,19,20)(H2,16,17,18,21). The second-order valence-electron chi connectivity index (χ2n) is 4.64. The lowest BCUT2D eigenvalue weighted by molar-refractivity contribution is -0.137. The van der Waals surface area contributed by atoms with Crippen LogP contribution >= 0.6 is 0 Å². The van der Waals surface area contributed by atoms with Gasteiger partial charge in [0.25, 0.3) is 0 Å². The maximum Gasteiger partial charge on any atom is 0.321 e. The first-order chi connectivity index (χ1) is 10.1. The maximum atomic E-state index is 11.4. The van der Waals surface area contributed by atoms with Crippen molar-refractivity contribution in [2.24, 2.45) is 0 Å². The molecular formula is C15H20N2O4. The van der Waals surface area contributed by atoms with Crippen LogP contribution in [0.1, 0.15) is 31.2 Å². The fourth-order valence-electron chi connectivity index (χ4n) is 1.77. The highest BCUT2D eigenvalue weighted by atomic mass is 16.4. The monoisotopic (exact) mass is 292 g/mol. The van der Waals surface area contributed by atoms with E-state index in [0.29, 0.717) is 6.54 Å². The molecule has 6 nitrogen and oxygen atoms in total. The number of hydrogen-bond donors (Lipinski definition) is 3. The molecule has 0 bridgehead atoms. The Morgan fingerprint density at radius 1 is 1.00 bits per heavy atom. The first-order valence-corrected chi connectivity index (χ1v) is 6.91. The first-order valence-electron chi connectivity index (χ1n) is 6.91. The summed E-state index contributed by atoms with van der Waals surface area (Å²) in [4.78, 5) is 33.0. The van der Waals surface area contributed by atoms with Crippen LogP contribution in [0.4, 0.5) is 4.79 Å². The van der Waals surface area contributed by atoms with Gasteiger partial charge in [0.2, 0.25) is 5.91 Å². The molecule has 0 fully saturated rings. The van der Waals surface area contributed by atoms with Crippen molar-refractivity contribution in [1.82, 2.24) is 10.6 Å². The third-order valence-electron chi connectivity index (χ3n) is 2.82. The molecule has 0 aliphatic carbocycles. The van der Waals surface area contributed by atoms with Gasteiger partial charge >= 0.3 is 12.0 Å². The van der Waals surface area contributed by atoms with E-state index in [1.54, 1.807) is 0 Å². The summed E-state index contributed by atoms with van der Waals surface area (Å²) in [5, 5.41) is 13.2. The molecule has 0 saturated heterocycles. The summed E-state index contributed by atoms with van der Waals surface area (Å²) in [6.45, 7) is 0.475. The third-order valence-corrected chi connectivity index (χ3v) is 2.82. The summed E-state index contributed by atoms with van der Waals surface area (Å²) in [5.41, 5.74) is 1.20. The molecule has 1 rings (SSSR count). The van der Waals surface area contributed by atoms with E-state index in [1.807, 2.05) is 30.3 Å². The van der Waals surface area contributed by atoms with Crippen molar-refractivity contribution >= 4 is 17.9 Å². The molecule has 0 heterocycles. The van der Waals surface area contributed by atoms with Gasteiger partial charge in [0.05, 0.1) is 0 Å². The van der Waals surface area contributed by atoms with E-state index < -0.39 is 17.9 Å². The van der Waals surface area contributed by atoms with Crippen molar-refractivity contribution in [3.63, 3.8) is 0 Å². The fraction of sp³-hybridized carbons (Fsp3) is 0.400. The second-order valence-corrected chi connectivity index (χ2v) is 4.64. The van der Waals surface area contributed by atoms with Crippen LogP contribution in [0.5, 0.6) is 0 Å². The zero-order chi connectivity index (χ0) is 15.5. The van der Waals surface area contributed by atoms with E-state index in [-0.39, 0.29) is 19.3 Å². The number of carboxylic acid groups (broad SMARTS) is 1. The van der Waals surface area contributed by atoms with Crippen LogP contribution in [0, 0.1) is 0 Å². The number of rotatable bonds is 8. The Kier molecular flexibility index (Phi) is 7.56. The summed E-state index contributed by atoms with van der Waals surface area (Å²) in [6.07, 6.45) is 1.82. The van der Waals surface area contributed by atoms with Gasteiger partial charge < -0.3 is 10.4 Å². The van der Waals surface area contributed by atoms with Crippen LogP contribution in [-0.4, -0.2) is 29.6 Å². The Labute approximate surface area is 123 Å². The summed E-state index contributed by atoms with van der Waals surface area (Å²) in [7, 11) is 0. The minimum atomic E-state index is -0.951. The van der Waals surface area contributed by atoms with Crippen LogP contribution in [0.15, 0.2) is 30.3 Å². The molecule has 1 aromatic rings. The van der Waals surface area contributed by atoms with Gasteiger partial charge in [-0.1, -0.05) is 30.3 Å². The highest BCUT2D eigenvalue weighted by Gasteiger charge is 2.07. The van der Waals surface area contributed by atoms with E-state index in [2.05, 4.69) is 10.6 Å². The summed E-state index contributed by atoms with van der Waals surface area (Å²) in [6, 6.07) is 9.38. The predicted octanol–water partition coefficient (Wildman–Crippen LogP) is 1.70. The molecular weight excluding hydrogens is 272 g/mol. The van der Waals surface area contributed by atoms with Crippen molar-refractivity contribution < 1.29 is 19.5 Å². The van der Waals surface area contributed by atoms with Crippen molar-refractivity contribution in [1.29, 1.82) is 0 Å². The summed E-state index contributed by atoms with van der Waals surface area (Å²) >= 11 is 0. The molecule has 1 aromatic carbocycles. The van der Waals surface area contributed by atoms with Crippen molar-refractivity contribution in [3.05, 3.63) is 35.9 Å². The van der Waals surface area contributed by atoms with Crippen LogP contribution in [-0.2, 0) is 16.0 Å². The van der Waals surface area contributed by atoms with E-state index in [9.17, 15) is 14.4 Å². The largest absolute Gasteiger partial charge is 0.481 e. The van der Waals surface area contributed by atoms with Crippen LogP contribution < -0.4 is 10.6 Å². The molecule has 3 amide bonds. The Balaban J connectivity index is 2.08. The normalized spacial score (nSPS) is 9.90. The number of amides is 3. The average Bonchev–Trinajstić information content (AvgIpc) is 2.44.